The van der Waals surface area contributed by atoms with Crippen LogP contribution in [0.3, 0.4) is 0 Å². The first kappa shape index (κ1) is 25.3. The summed E-state index contributed by atoms with van der Waals surface area (Å²) >= 11 is 0. The lowest BCUT2D eigenvalue weighted by Crippen LogP contribution is -2.45. The molecule has 1 amide bonds. The number of H-pyrrole nitrogens is 1. The second-order valence-electron chi connectivity index (χ2n) is 11.1. The molecule has 6 rings (SSSR count). The van der Waals surface area contributed by atoms with Gasteiger partial charge in [-0.3, -0.25) is 4.79 Å². The molecule has 2 fully saturated rings. The molecule has 202 valence electrons. The van der Waals surface area contributed by atoms with Crippen LogP contribution in [0.15, 0.2) is 63.8 Å². The maximum atomic E-state index is 13.2. The third-order valence-electron chi connectivity index (χ3n) is 8.34. The number of rotatable bonds is 6. The second-order valence-corrected chi connectivity index (χ2v) is 11.1. The number of carbonyl (C=O) groups excluding carboxylic acids is 1. The number of hydrogen-bond donors (Lipinski definition) is 2. The Balaban J connectivity index is 1.08. The number of pyridine rings is 1. The van der Waals surface area contributed by atoms with Crippen molar-refractivity contribution in [3.63, 3.8) is 0 Å². The maximum Gasteiger partial charge on any atom is 0.434 e. The van der Waals surface area contributed by atoms with Gasteiger partial charge >= 0.3 is 5.76 Å². The van der Waals surface area contributed by atoms with E-state index in [2.05, 4.69) is 75.9 Å². The zero-order valence-corrected chi connectivity index (χ0v) is 22.4. The van der Waals surface area contributed by atoms with Gasteiger partial charge in [-0.05, 0) is 75.1 Å². The summed E-state index contributed by atoms with van der Waals surface area (Å²) in [4.78, 5) is 31.8. The van der Waals surface area contributed by atoms with Crippen LogP contribution in [0.2, 0.25) is 0 Å². The molecule has 2 aromatic carbocycles. The predicted octanol–water partition coefficient (Wildman–Crippen LogP) is 5.02. The van der Waals surface area contributed by atoms with Gasteiger partial charge in [0.15, 0.2) is 0 Å². The van der Waals surface area contributed by atoms with Crippen LogP contribution in [0.5, 0.6) is 0 Å². The minimum Gasteiger partial charge on any atom is -0.392 e. The summed E-state index contributed by atoms with van der Waals surface area (Å²) in [5.41, 5.74) is 4.53. The van der Waals surface area contributed by atoms with Crippen molar-refractivity contribution in [1.82, 2.24) is 20.5 Å². The molecule has 0 bridgehead atoms. The summed E-state index contributed by atoms with van der Waals surface area (Å²) in [6.07, 6.45) is 6.20. The van der Waals surface area contributed by atoms with Crippen LogP contribution in [0, 0.1) is 18.8 Å². The summed E-state index contributed by atoms with van der Waals surface area (Å²) in [5.74, 6) is 1.63. The van der Waals surface area contributed by atoms with Crippen LogP contribution in [0.25, 0.3) is 22.0 Å². The number of aromatic nitrogens is 3. The number of nitrogens with one attached hydrogen (secondary N) is 2. The standard InChI is InChI=1S/C31H35N5O3/c1-20-7-12-27-24(17-20)19-26(22-5-3-2-4-6-22)29(33-27)36-15-13-23(14-16-36)30(37)32-25-10-8-21(9-11-25)18-28-34-35-31(38)39-28/h2-7,12,17,19,21,23,25H,8-11,13-16,18H2,1H3,(H,32,37)(H,35,38). The number of aromatic amines is 1. The monoisotopic (exact) mass is 525 g/mol. The van der Waals surface area contributed by atoms with Gasteiger partial charge in [0.2, 0.25) is 11.8 Å². The first-order valence-corrected chi connectivity index (χ1v) is 14.1. The van der Waals surface area contributed by atoms with Crippen molar-refractivity contribution >= 4 is 22.6 Å². The zero-order valence-electron chi connectivity index (χ0n) is 22.4. The lowest BCUT2D eigenvalue weighted by Gasteiger charge is -2.35. The molecule has 2 N–H and O–H groups in total. The van der Waals surface area contributed by atoms with Gasteiger partial charge in [0.05, 0.1) is 5.52 Å². The topological polar surface area (TPSA) is 104 Å². The fourth-order valence-corrected chi connectivity index (χ4v) is 6.14. The highest BCUT2D eigenvalue weighted by Gasteiger charge is 2.30. The van der Waals surface area contributed by atoms with E-state index >= 15 is 0 Å². The summed E-state index contributed by atoms with van der Waals surface area (Å²) in [7, 11) is 0. The van der Waals surface area contributed by atoms with Crippen LogP contribution >= 0.6 is 0 Å². The van der Waals surface area contributed by atoms with Crippen molar-refractivity contribution < 1.29 is 9.21 Å². The lowest BCUT2D eigenvalue weighted by molar-refractivity contribution is -0.126. The van der Waals surface area contributed by atoms with Crippen molar-refractivity contribution in [2.24, 2.45) is 11.8 Å². The van der Waals surface area contributed by atoms with Gasteiger partial charge in [-0.2, -0.15) is 0 Å². The number of fused-ring (bicyclic) bond motifs is 1. The molecule has 3 heterocycles. The summed E-state index contributed by atoms with van der Waals surface area (Å²) in [6.45, 7) is 3.73. The largest absolute Gasteiger partial charge is 0.434 e. The van der Waals surface area contributed by atoms with Gasteiger partial charge < -0.3 is 14.6 Å². The molecule has 8 nitrogen and oxygen atoms in total. The highest BCUT2D eigenvalue weighted by molar-refractivity contribution is 5.90. The molecule has 1 saturated carbocycles. The maximum absolute atomic E-state index is 13.2. The van der Waals surface area contributed by atoms with Gasteiger partial charge in [0.1, 0.15) is 5.82 Å². The van der Waals surface area contributed by atoms with Gasteiger partial charge in [-0.15, -0.1) is 5.10 Å². The molecule has 1 saturated heterocycles. The van der Waals surface area contributed by atoms with Crippen LogP contribution < -0.4 is 16.0 Å². The molecule has 0 atom stereocenters. The fraction of sp³-hybridized carbons (Fsp3) is 0.419. The lowest BCUT2D eigenvalue weighted by atomic mass is 9.83. The van der Waals surface area contributed by atoms with Crippen LogP contribution in [-0.2, 0) is 11.2 Å². The Bertz CT molecular complexity index is 1500. The van der Waals surface area contributed by atoms with Gasteiger partial charge in [-0.25, -0.2) is 14.9 Å². The molecule has 0 unspecified atom stereocenters. The normalized spacial score (nSPS) is 20.3. The van der Waals surface area contributed by atoms with E-state index in [1.807, 2.05) is 6.07 Å². The minimum atomic E-state index is -0.500. The van der Waals surface area contributed by atoms with E-state index in [4.69, 9.17) is 9.40 Å². The van der Waals surface area contributed by atoms with E-state index in [-0.39, 0.29) is 17.9 Å². The first-order valence-electron chi connectivity index (χ1n) is 14.1. The van der Waals surface area contributed by atoms with E-state index in [9.17, 15) is 9.59 Å². The van der Waals surface area contributed by atoms with Crippen LogP contribution in [0.4, 0.5) is 5.82 Å². The molecule has 39 heavy (non-hydrogen) atoms. The Kier molecular flexibility index (Phi) is 7.18. The van der Waals surface area contributed by atoms with E-state index in [1.54, 1.807) is 0 Å². The third-order valence-corrected chi connectivity index (χ3v) is 8.34. The number of hydrogen-bond acceptors (Lipinski definition) is 6. The smallest absolute Gasteiger partial charge is 0.392 e. The van der Waals surface area contributed by atoms with E-state index < -0.39 is 5.76 Å². The highest BCUT2D eigenvalue weighted by Crippen LogP contribution is 2.35. The number of anilines is 1. The zero-order chi connectivity index (χ0) is 26.8. The van der Waals surface area contributed by atoms with Gasteiger partial charge in [0.25, 0.3) is 0 Å². The number of piperidine rings is 1. The number of benzene rings is 2. The number of carbonyl (C=O) groups is 1. The predicted molar refractivity (Wildman–Crippen MR) is 152 cm³/mol. The van der Waals surface area contributed by atoms with Crippen molar-refractivity contribution in [2.75, 3.05) is 18.0 Å². The number of aryl methyl sites for hydroxylation is 1. The van der Waals surface area contributed by atoms with Crippen molar-refractivity contribution in [1.29, 1.82) is 0 Å². The van der Waals surface area contributed by atoms with Crippen LogP contribution in [-0.4, -0.2) is 40.2 Å². The SMILES string of the molecule is Cc1ccc2nc(N3CCC(C(=O)NC4CCC(Cc5n[nH]c(=O)o5)CC4)CC3)c(-c3ccccc3)cc2c1. The average molecular weight is 526 g/mol. The molecule has 2 aromatic heterocycles. The molecule has 4 aromatic rings. The fourth-order valence-electron chi connectivity index (χ4n) is 6.14. The van der Waals surface area contributed by atoms with E-state index in [0.29, 0.717) is 18.2 Å². The van der Waals surface area contributed by atoms with E-state index in [1.165, 1.54) is 5.56 Å². The van der Waals surface area contributed by atoms with Crippen molar-refractivity contribution in [3.05, 3.63) is 76.6 Å². The molecule has 8 heteroatoms. The minimum absolute atomic E-state index is 0.0283. The summed E-state index contributed by atoms with van der Waals surface area (Å²) < 4.78 is 5.06. The number of nitrogens with zero attached hydrogens (tertiary/aromatic N) is 3. The summed E-state index contributed by atoms with van der Waals surface area (Å²) in [5, 5.41) is 10.7. The Hall–Kier alpha value is -3.94. The molecular weight excluding hydrogens is 490 g/mol. The number of amides is 1. The summed E-state index contributed by atoms with van der Waals surface area (Å²) in [6, 6.07) is 19.3. The van der Waals surface area contributed by atoms with Crippen molar-refractivity contribution in [2.45, 2.75) is 57.9 Å². The molecule has 0 spiro atoms. The quantitative estimate of drug-likeness (QED) is 0.366. The Morgan fingerprint density at radius 2 is 1.79 bits per heavy atom. The van der Waals surface area contributed by atoms with Gasteiger partial charge in [0, 0.05) is 42.4 Å². The molecule has 1 aliphatic heterocycles. The Morgan fingerprint density at radius 1 is 1.03 bits per heavy atom. The van der Waals surface area contributed by atoms with Crippen molar-refractivity contribution in [3.8, 4) is 11.1 Å². The molecule has 1 aliphatic carbocycles. The third kappa shape index (κ3) is 5.75. The average Bonchev–Trinajstić information content (AvgIpc) is 3.38. The Labute approximate surface area is 227 Å². The van der Waals surface area contributed by atoms with Crippen LogP contribution in [0.1, 0.15) is 50.0 Å². The molecule has 0 radical (unpaired) electrons. The molecule has 2 aliphatic rings. The molecular formula is C31H35N5O3. The Morgan fingerprint density at radius 3 is 2.51 bits per heavy atom. The second kappa shape index (κ2) is 11.0. The first-order chi connectivity index (χ1) is 19.0. The van der Waals surface area contributed by atoms with E-state index in [0.717, 1.165) is 79.5 Å². The highest BCUT2D eigenvalue weighted by atomic mass is 16.4. The van der Waals surface area contributed by atoms with Gasteiger partial charge in [-0.1, -0.05) is 42.0 Å².